The minimum absolute atomic E-state index is 0.114. The summed E-state index contributed by atoms with van der Waals surface area (Å²) in [5.74, 6) is 1.49. The average molecular weight is 301 g/mol. The van der Waals surface area contributed by atoms with Crippen molar-refractivity contribution in [1.82, 2.24) is 10.5 Å². The van der Waals surface area contributed by atoms with Gasteiger partial charge in [0.1, 0.15) is 23.2 Å². The zero-order valence-electron chi connectivity index (χ0n) is 12.8. The summed E-state index contributed by atoms with van der Waals surface area (Å²) in [5.41, 5.74) is 2.30. The van der Waals surface area contributed by atoms with Crippen molar-refractivity contribution in [3.8, 4) is 5.75 Å². The molecule has 0 saturated heterocycles. The second-order valence-electron chi connectivity index (χ2n) is 5.36. The van der Waals surface area contributed by atoms with E-state index >= 15 is 0 Å². The van der Waals surface area contributed by atoms with Crippen LogP contribution in [0.25, 0.3) is 0 Å². The molecule has 1 aromatic carbocycles. The predicted molar refractivity (Wildman–Crippen MR) is 82.0 cm³/mol. The first-order chi connectivity index (χ1) is 10.6. The summed E-state index contributed by atoms with van der Waals surface area (Å²) >= 11 is 0. The largest absolute Gasteiger partial charge is 0.488 e. The molecule has 0 bridgehead atoms. The van der Waals surface area contributed by atoms with Gasteiger partial charge in [-0.15, -0.1) is 0 Å². The van der Waals surface area contributed by atoms with Crippen LogP contribution in [0.2, 0.25) is 0 Å². The van der Waals surface area contributed by atoms with Gasteiger partial charge in [0.2, 0.25) is 0 Å². The van der Waals surface area contributed by atoms with Crippen LogP contribution in [-0.4, -0.2) is 17.3 Å². The third-order valence-electron chi connectivity index (χ3n) is 3.82. The van der Waals surface area contributed by atoms with E-state index in [4.69, 9.17) is 9.26 Å². The van der Waals surface area contributed by atoms with Crippen molar-refractivity contribution >= 4 is 11.7 Å². The number of aryl methyl sites for hydroxylation is 2. The van der Waals surface area contributed by atoms with Crippen LogP contribution in [0.15, 0.2) is 28.8 Å². The highest BCUT2D eigenvalue weighted by Crippen LogP contribution is 2.36. The van der Waals surface area contributed by atoms with Crippen molar-refractivity contribution in [3.63, 3.8) is 0 Å². The number of nitrogens with zero attached hydrogens (tertiary/aromatic N) is 1. The van der Waals surface area contributed by atoms with Crippen LogP contribution >= 0.6 is 0 Å². The van der Waals surface area contributed by atoms with Gasteiger partial charge < -0.3 is 19.9 Å². The van der Waals surface area contributed by atoms with Gasteiger partial charge in [-0.1, -0.05) is 30.3 Å². The van der Waals surface area contributed by atoms with Crippen LogP contribution in [0, 0.1) is 6.92 Å². The minimum atomic E-state index is -0.293. The number of aromatic nitrogens is 1. The van der Waals surface area contributed by atoms with E-state index in [1.165, 1.54) is 0 Å². The fourth-order valence-corrected chi connectivity index (χ4v) is 2.67. The van der Waals surface area contributed by atoms with Gasteiger partial charge in [-0.3, -0.25) is 0 Å². The zero-order chi connectivity index (χ0) is 15.7. The molecule has 2 heterocycles. The van der Waals surface area contributed by atoms with Gasteiger partial charge in [0, 0.05) is 12.0 Å². The Morgan fingerprint density at radius 3 is 2.91 bits per heavy atom. The molecule has 3 rings (SSSR count). The number of anilines is 1. The molecule has 6 nitrogen and oxygen atoms in total. The van der Waals surface area contributed by atoms with Gasteiger partial charge in [-0.05, 0) is 19.9 Å². The Bertz CT molecular complexity index is 696. The Morgan fingerprint density at radius 1 is 1.36 bits per heavy atom. The summed E-state index contributed by atoms with van der Waals surface area (Å²) in [6, 6.07) is 7.25. The first-order valence-electron chi connectivity index (χ1n) is 7.38. The normalized spacial score (nSPS) is 19.4. The fourth-order valence-electron chi connectivity index (χ4n) is 2.67. The van der Waals surface area contributed by atoms with Crippen molar-refractivity contribution in [3.05, 3.63) is 41.3 Å². The van der Waals surface area contributed by atoms with Gasteiger partial charge in [0.05, 0.1) is 6.04 Å². The molecule has 2 aromatic rings. The van der Waals surface area contributed by atoms with Crippen LogP contribution in [0.5, 0.6) is 5.75 Å². The van der Waals surface area contributed by atoms with Crippen molar-refractivity contribution < 1.29 is 14.1 Å². The summed E-state index contributed by atoms with van der Waals surface area (Å²) in [6.45, 7) is 5.69. The molecule has 22 heavy (non-hydrogen) atoms. The number of hydrogen-bond acceptors (Lipinski definition) is 4. The second-order valence-corrected chi connectivity index (χ2v) is 5.36. The molecular formula is C16H19N3O3. The van der Waals surface area contributed by atoms with Crippen molar-refractivity contribution in [2.24, 2.45) is 0 Å². The molecule has 0 spiro atoms. The lowest BCUT2D eigenvalue weighted by Gasteiger charge is -2.17. The van der Waals surface area contributed by atoms with Gasteiger partial charge in [-0.25, -0.2) is 4.79 Å². The Balaban J connectivity index is 1.74. The SMILES string of the molecule is CCc1onc(C)c1NC(=O)N[C@@H]1c2ccccc2O[C@H]1C. The molecule has 2 atom stereocenters. The van der Waals surface area contributed by atoms with Crippen molar-refractivity contribution in [2.45, 2.75) is 39.3 Å². The topological polar surface area (TPSA) is 76.4 Å². The molecule has 0 radical (unpaired) electrons. The number of para-hydroxylation sites is 1. The molecule has 0 aliphatic carbocycles. The first-order valence-corrected chi connectivity index (χ1v) is 7.38. The maximum absolute atomic E-state index is 12.3. The van der Waals surface area contributed by atoms with Gasteiger partial charge in [0.25, 0.3) is 0 Å². The third-order valence-corrected chi connectivity index (χ3v) is 3.82. The van der Waals surface area contributed by atoms with E-state index in [0.717, 1.165) is 11.3 Å². The second kappa shape index (κ2) is 5.71. The standard InChI is InChI=1S/C16H19N3O3/c1-4-12-14(9(2)19-22-12)17-16(20)18-15-10(3)21-13-8-6-5-7-11(13)15/h5-8,10,15H,4H2,1-3H3,(H2,17,18,20)/t10-,15-/m0/s1. The van der Waals surface area contributed by atoms with E-state index in [-0.39, 0.29) is 18.2 Å². The summed E-state index contributed by atoms with van der Waals surface area (Å²) in [7, 11) is 0. The molecule has 1 aliphatic heterocycles. The number of ether oxygens (including phenoxy) is 1. The van der Waals surface area contributed by atoms with Crippen LogP contribution in [0.4, 0.5) is 10.5 Å². The Morgan fingerprint density at radius 2 is 2.14 bits per heavy atom. The molecule has 2 amide bonds. The molecule has 0 fully saturated rings. The van der Waals surface area contributed by atoms with Crippen molar-refractivity contribution in [1.29, 1.82) is 0 Å². The number of urea groups is 1. The van der Waals surface area contributed by atoms with E-state index < -0.39 is 0 Å². The predicted octanol–water partition coefficient (Wildman–Crippen LogP) is 3.19. The highest BCUT2D eigenvalue weighted by molar-refractivity contribution is 5.90. The summed E-state index contributed by atoms with van der Waals surface area (Å²) in [5, 5.41) is 9.66. The highest BCUT2D eigenvalue weighted by atomic mass is 16.5. The molecule has 0 unspecified atom stereocenters. The quantitative estimate of drug-likeness (QED) is 0.912. The number of fused-ring (bicyclic) bond motifs is 1. The van der Waals surface area contributed by atoms with Crippen LogP contribution in [0.3, 0.4) is 0 Å². The van der Waals surface area contributed by atoms with Crippen LogP contribution in [-0.2, 0) is 6.42 Å². The Hall–Kier alpha value is -2.50. The summed E-state index contributed by atoms with van der Waals surface area (Å²) < 4.78 is 10.9. The van der Waals surface area contributed by atoms with E-state index in [2.05, 4.69) is 15.8 Å². The number of carbonyl (C=O) groups is 1. The molecule has 1 aliphatic rings. The summed E-state index contributed by atoms with van der Waals surface area (Å²) in [6.07, 6.45) is 0.555. The number of nitrogens with one attached hydrogen (secondary N) is 2. The van der Waals surface area contributed by atoms with Gasteiger partial charge in [0.15, 0.2) is 5.76 Å². The van der Waals surface area contributed by atoms with E-state index in [9.17, 15) is 4.79 Å². The Kier molecular flexibility index (Phi) is 3.75. The molecular weight excluding hydrogens is 282 g/mol. The molecule has 0 saturated carbocycles. The molecule has 116 valence electrons. The lowest BCUT2D eigenvalue weighted by atomic mass is 10.1. The molecule has 1 aromatic heterocycles. The van der Waals surface area contributed by atoms with Gasteiger partial charge >= 0.3 is 6.03 Å². The van der Waals surface area contributed by atoms with Gasteiger partial charge in [-0.2, -0.15) is 0 Å². The molecule has 2 N–H and O–H groups in total. The lowest BCUT2D eigenvalue weighted by molar-refractivity contribution is 0.204. The monoisotopic (exact) mass is 301 g/mol. The third kappa shape index (κ3) is 2.52. The smallest absolute Gasteiger partial charge is 0.320 e. The van der Waals surface area contributed by atoms with E-state index in [1.54, 1.807) is 6.92 Å². The number of hydrogen-bond donors (Lipinski definition) is 2. The number of benzene rings is 1. The zero-order valence-corrected chi connectivity index (χ0v) is 12.8. The number of carbonyl (C=O) groups excluding carboxylic acids is 1. The van der Waals surface area contributed by atoms with Crippen molar-refractivity contribution in [2.75, 3.05) is 5.32 Å². The maximum Gasteiger partial charge on any atom is 0.320 e. The molecule has 6 heteroatoms. The summed E-state index contributed by atoms with van der Waals surface area (Å²) in [4.78, 5) is 12.3. The van der Waals surface area contributed by atoms with Crippen LogP contribution in [0.1, 0.15) is 36.9 Å². The van der Waals surface area contributed by atoms with E-state index in [1.807, 2.05) is 38.1 Å². The van der Waals surface area contributed by atoms with Crippen LogP contribution < -0.4 is 15.4 Å². The maximum atomic E-state index is 12.3. The first kappa shape index (κ1) is 14.4. The number of amides is 2. The highest BCUT2D eigenvalue weighted by Gasteiger charge is 2.32. The lowest BCUT2D eigenvalue weighted by Crippen LogP contribution is -2.37. The van der Waals surface area contributed by atoms with E-state index in [0.29, 0.717) is 23.6 Å². The fraction of sp³-hybridized carbons (Fsp3) is 0.375. The minimum Gasteiger partial charge on any atom is -0.488 e. The number of rotatable bonds is 3. The Labute approximate surface area is 128 Å². The average Bonchev–Trinajstić information content (AvgIpc) is 3.01.